The quantitative estimate of drug-likeness (QED) is 0.262. The molecule has 3 aromatic rings. The van der Waals surface area contributed by atoms with Gasteiger partial charge in [0.2, 0.25) is 0 Å². The maximum Gasteiger partial charge on any atom is 0.195 e. The number of ketones is 1. The van der Waals surface area contributed by atoms with Gasteiger partial charge in [0.05, 0.1) is 12.0 Å². The van der Waals surface area contributed by atoms with Crippen molar-refractivity contribution < 1.29 is 14.3 Å². The van der Waals surface area contributed by atoms with Crippen molar-refractivity contribution >= 4 is 34.8 Å². The van der Waals surface area contributed by atoms with Gasteiger partial charge in [-0.25, -0.2) is 0 Å². The minimum Gasteiger partial charge on any atom is -0.496 e. The molecular formula is C25H25ClO3S. The second kappa shape index (κ2) is 10.5. The first kappa shape index (κ1) is 22.1. The molecule has 5 heteroatoms. The molecule has 3 rings (SSSR count). The number of allylic oxidation sites excluding steroid dienone is 1. The molecule has 0 fully saturated rings. The minimum absolute atomic E-state index is 0.0211. The number of hydrogen-bond acceptors (Lipinski definition) is 4. The molecule has 0 N–H and O–H groups in total. The normalized spacial score (nSPS) is 11.1. The second-order valence-corrected chi connectivity index (χ2v) is 8.59. The molecule has 2 aromatic carbocycles. The zero-order valence-corrected chi connectivity index (χ0v) is 19.0. The summed E-state index contributed by atoms with van der Waals surface area (Å²) in [5.41, 5.74) is 2.80. The summed E-state index contributed by atoms with van der Waals surface area (Å²) in [6.07, 6.45) is 5.54. The second-order valence-electron chi connectivity index (χ2n) is 6.98. The molecule has 0 aliphatic rings. The van der Waals surface area contributed by atoms with E-state index in [0.29, 0.717) is 11.6 Å². The van der Waals surface area contributed by atoms with Crippen molar-refractivity contribution in [3.8, 4) is 11.5 Å². The van der Waals surface area contributed by atoms with E-state index in [9.17, 15) is 4.79 Å². The number of benzene rings is 2. The number of halogens is 1. The van der Waals surface area contributed by atoms with E-state index in [1.165, 1.54) is 4.88 Å². The Hall–Kier alpha value is -2.56. The SMILES string of the molecule is CCCc1ccc(C(=O)/C=C/c2ccc(OC)c(COc3ccc(Cl)cc3C)c2)s1. The molecule has 0 bridgehead atoms. The van der Waals surface area contributed by atoms with Crippen molar-refractivity contribution in [2.45, 2.75) is 33.3 Å². The average Bonchev–Trinajstić information content (AvgIpc) is 3.20. The zero-order valence-electron chi connectivity index (χ0n) is 17.4. The molecule has 1 aromatic heterocycles. The molecule has 30 heavy (non-hydrogen) atoms. The lowest BCUT2D eigenvalue weighted by atomic mass is 10.1. The van der Waals surface area contributed by atoms with Crippen LogP contribution >= 0.6 is 22.9 Å². The first-order chi connectivity index (χ1) is 14.5. The van der Waals surface area contributed by atoms with Crippen LogP contribution in [0.2, 0.25) is 5.02 Å². The van der Waals surface area contributed by atoms with Crippen molar-refractivity contribution in [1.29, 1.82) is 0 Å². The number of ether oxygens (including phenoxy) is 2. The van der Waals surface area contributed by atoms with Crippen LogP contribution in [0.5, 0.6) is 11.5 Å². The Morgan fingerprint density at radius 1 is 1.10 bits per heavy atom. The number of carbonyl (C=O) groups is 1. The van der Waals surface area contributed by atoms with Crippen LogP contribution in [0.3, 0.4) is 0 Å². The Morgan fingerprint density at radius 3 is 2.63 bits per heavy atom. The smallest absolute Gasteiger partial charge is 0.195 e. The van der Waals surface area contributed by atoms with Crippen LogP contribution in [-0.2, 0) is 13.0 Å². The number of methoxy groups -OCH3 is 1. The molecule has 156 valence electrons. The maximum atomic E-state index is 12.5. The minimum atomic E-state index is 0.0211. The fourth-order valence-corrected chi connectivity index (χ4v) is 4.35. The highest BCUT2D eigenvalue weighted by Crippen LogP contribution is 2.26. The van der Waals surface area contributed by atoms with Crippen molar-refractivity contribution in [3.05, 3.63) is 86.1 Å². The van der Waals surface area contributed by atoms with Crippen molar-refractivity contribution in [1.82, 2.24) is 0 Å². The molecule has 0 radical (unpaired) electrons. The Balaban J connectivity index is 1.72. The van der Waals surface area contributed by atoms with Gasteiger partial charge in [0.1, 0.15) is 18.1 Å². The van der Waals surface area contributed by atoms with Gasteiger partial charge in [-0.2, -0.15) is 0 Å². The van der Waals surface area contributed by atoms with E-state index in [0.717, 1.165) is 45.9 Å². The van der Waals surface area contributed by atoms with Gasteiger partial charge < -0.3 is 9.47 Å². The van der Waals surface area contributed by atoms with Gasteiger partial charge in [0.25, 0.3) is 0 Å². The standard InChI is InChI=1S/C25H25ClO3S/c1-4-5-21-9-13-25(30-21)22(27)10-6-18-7-11-24(28-3)19(15-18)16-29-23-12-8-20(26)14-17(23)2/h6-15H,4-5,16H2,1-3H3/b10-6+. The molecule has 0 saturated heterocycles. The third-order valence-corrected chi connectivity index (χ3v) is 6.05. The van der Waals surface area contributed by atoms with Gasteiger partial charge in [0, 0.05) is 15.5 Å². The average molecular weight is 441 g/mol. The van der Waals surface area contributed by atoms with Crippen LogP contribution in [0.1, 0.15) is 44.6 Å². The highest BCUT2D eigenvalue weighted by atomic mass is 35.5. The Morgan fingerprint density at radius 2 is 1.90 bits per heavy atom. The van der Waals surface area contributed by atoms with Crippen LogP contribution in [0.25, 0.3) is 6.08 Å². The van der Waals surface area contributed by atoms with Crippen LogP contribution in [0.15, 0.2) is 54.6 Å². The molecule has 0 amide bonds. The number of aryl methyl sites for hydroxylation is 2. The summed E-state index contributed by atoms with van der Waals surface area (Å²) in [6.45, 7) is 4.45. The highest BCUT2D eigenvalue weighted by molar-refractivity contribution is 7.14. The van der Waals surface area contributed by atoms with Gasteiger partial charge >= 0.3 is 0 Å². The summed E-state index contributed by atoms with van der Waals surface area (Å²) in [7, 11) is 1.64. The van der Waals surface area contributed by atoms with E-state index in [4.69, 9.17) is 21.1 Å². The Kier molecular flexibility index (Phi) is 7.72. The zero-order chi connectivity index (χ0) is 21.5. The summed E-state index contributed by atoms with van der Waals surface area (Å²) < 4.78 is 11.4. The van der Waals surface area contributed by atoms with Crippen LogP contribution in [0, 0.1) is 6.92 Å². The Bertz CT molecular complexity index is 1050. The third kappa shape index (κ3) is 5.74. The fraction of sp³-hybridized carbons (Fsp3) is 0.240. The Labute approximate surface area is 186 Å². The first-order valence-corrected chi connectivity index (χ1v) is 11.1. The molecule has 0 unspecified atom stereocenters. The summed E-state index contributed by atoms with van der Waals surface area (Å²) in [6, 6.07) is 15.3. The lowest BCUT2D eigenvalue weighted by Crippen LogP contribution is -2.00. The highest BCUT2D eigenvalue weighted by Gasteiger charge is 2.09. The summed E-state index contributed by atoms with van der Waals surface area (Å²) in [4.78, 5) is 14.5. The fourth-order valence-electron chi connectivity index (χ4n) is 3.09. The molecule has 0 aliphatic carbocycles. The molecular weight excluding hydrogens is 416 g/mol. The topological polar surface area (TPSA) is 35.5 Å². The van der Waals surface area contributed by atoms with Crippen molar-refractivity contribution in [2.75, 3.05) is 7.11 Å². The number of hydrogen-bond donors (Lipinski definition) is 0. The van der Waals surface area contributed by atoms with E-state index in [2.05, 4.69) is 6.92 Å². The van der Waals surface area contributed by atoms with Gasteiger partial charge in [-0.1, -0.05) is 37.1 Å². The third-order valence-electron chi connectivity index (χ3n) is 4.65. The predicted molar refractivity (Wildman–Crippen MR) is 125 cm³/mol. The van der Waals surface area contributed by atoms with E-state index in [-0.39, 0.29) is 5.78 Å². The van der Waals surface area contributed by atoms with E-state index < -0.39 is 0 Å². The summed E-state index contributed by atoms with van der Waals surface area (Å²) in [5, 5.41) is 0.682. The molecule has 0 saturated carbocycles. The van der Waals surface area contributed by atoms with Gasteiger partial charge in [-0.05, 0) is 73.0 Å². The van der Waals surface area contributed by atoms with Gasteiger partial charge in [-0.15, -0.1) is 11.3 Å². The largest absolute Gasteiger partial charge is 0.496 e. The number of thiophene rings is 1. The van der Waals surface area contributed by atoms with Gasteiger partial charge in [0.15, 0.2) is 5.78 Å². The van der Waals surface area contributed by atoms with Crippen molar-refractivity contribution in [3.63, 3.8) is 0 Å². The lowest BCUT2D eigenvalue weighted by Gasteiger charge is -2.13. The van der Waals surface area contributed by atoms with Crippen molar-refractivity contribution in [2.24, 2.45) is 0 Å². The predicted octanol–water partition coefficient (Wildman–Crippen LogP) is 7.15. The van der Waals surface area contributed by atoms with E-state index in [1.807, 2.05) is 61.5 Å². The summed E-state index contributed by atoms with van der Waals surface area (Å²) in [5.74, 6) is 1.54. The maximum absolute atomic E-state index is 12.5. The number of rotatable bonds is 9. The van der Waals surface area contributed by atoms with Crippen LogP contribution < -0.4 is 9.47 Å². The molecule has 1 heterocycles. The molecule has 0 aliphatic heterocycles. The lowest BCUT2D eigenvalue weighted by molar-refractivity contribution is 0.105. The summed E-state index contributed by atoms with van der Waals surface area (Å²) >= 11 is 7.58. The van der Waals surface area contributed by atoms with Gasteiger partial charge in [-0.3, -0.25) is 4.79 Å². The monoisotopic (exact) mass is 440 g/mol. The number of carbonyl (C=O) groups excluding carboxylic acids is 1. The van der Waals surface area contributed by atoms with E-state index >= 15 is 0 Å². The first-order valence-electron chi connectivity index (χ1n) is 9.87. The van der Waals surface area contributed by atoms with Crippen LogP contribution in [-0.4, -0.2) is 12.9 Å². The van der Waals surface area contributed by atoms with E-state index in [1.54, 1.807) is 24.5 Å². The van der Waals surface area contributed by atoms with Crippen LogP contribution in [0.4, 0.5) is 0 Å². The molecule has 0 spiro atoms. The molecule has 0 atom stereocenters. The molecule has 3 nitrogen and oxygen atoms in total.